The minimum atomic E-state index is -0.464. The molecule has 29 heavy (non-hydrogen) atoms. The maximum absolute atomic E-state index is 13.2. The van der Waals surface area contributed by atoms with Gasteiger partial charge in [-0.05, 0) is 50.5 Å². The highest BCUT2D eigenvalue weighted by molar-refractivity contribution is 5.90. The maximum atomic E-state index is 13.2. The van der Waals surface area contributed by atoms with Crippen molar-refractivity contribution in [1.82, 2.24) is 10.2 Å². The molecule has 1 atom stereocenters. The highest BCUT2D eigenvalue weighted by Gasteiger charge is 2.32. The molecule has 164 valence electrons. The van der Waals surface area contributed by atoms with E-state index >= 15 is 0 Å². The third kappa shape index (κ3) is 7.26. The number of amides is 3. The molecule has 1 aromatic carbocycles. The summed E-state index contributed by atoms with van der Waals surface area (Å²) >= 11 is 0. The zero-order chi connectivity index (χ0) is 22.5. The van der Waals surface area contributed by atoms with Crippen LogP contribution in [0.1, 0.15) is 61.0 Å². The smallest absolute Gasteiger partial charge is 0.319 e. The molecule has 6 nitrogen and oxygen atoms in total. The normalized spacial score (nSPS) is 12.7. The number of rotatable bonds is 7. The molecule has 1 unspecified atom stereocenters. The number of nitrogens with one attached hydrogen (secondary N) is 2. The summed E-state index contributed by atoms with van der Waals surface area (Å²) in [5, 5.41) is 5.73. The molecule has 0 spiro atoms. The van der Waals surface area contributed by atoms with Gasteiger partial charge in [-0.1, -0.05) is 34.6 Å². The van der Waals surface area contributed by atoms with Gasteiger partial charge in [-0.25, -0.2) is 4.79 Å². The van der Waals surface area contributed by atoms with Crippen LogP contribution in [0.4, 0.5) is 16.2 Å². The molecule has 3 amide bonds. The number of anilines is 2. The van der Waals surface area contributed by atoms with Crippen molar-refractivity contribution >= 4 is 23.3 Å². The number of carbonyl (C=O) groups is 2. The average molecular weight is 405 g/mol. The third-order valence-corrected chi connectivity index (χ3v) is 4.94. The number of hydrogen-bond donors (Lipinski definition) is 2. The van der Waals surface area contributed by atoms with Crippen molar-refractivity contribution in [2.45, 2.75) is 74.0 Å². The molecule has 1 aromatic rings. The summed E-state index contributed by atoms with van der Waals surface area (Å²) in [6.07, 6.45) is 0. The Morgan fingerprint density at radius 2 is 1.62 bits per heavy atom. The van der Waals surface area contributed by atoms with Gasteiger partial charge in [0.2, 0.25) is 5.91 Å². The van der Waals surface area contributed by atoms with E-state index in [1.165, 1.54) is 0 Å². The van der Waals surface area contributed by atoms with E-state index in [0.29, 0.717) is 18.2 Å². The topological polar surface area (TPSA) is 64.7 Å². The monoisotopic (exact) mass is 404 g/mol. The van der Waals surface area contributed by atoms with E-state index in [-0.39, 0.29) is 24.0 Å². The first kappa shape index (κ1) is 24.8. The molecule has 0 heterocycles. The first-order chi connectivity index (χ1) is 13.2. The third-order valence-electron chi connectivity index (χ3n) is 4.94. The van der Waals surface area contributed by atoms with Crippen molar-refractivity contribution in [3.8, 4) is 0 Å². The number of urea groups is 1. The van der Waals surface area contributed by atoms with Crippen LogP contribution in [0, 0.1) is 11.3 Å². The van der Waals surface area contributed by atoms with Crippen LogP contribution in [0.25, 0.3) is 0 Å². The second-order valence-electron chi connectivity index (χ2n) is 9.66. The Hall–Kier alpha value is -2.24. The van der Waals surface area contributed by atoms with Gasteiger partial charge in [0.1, 0.15) is 0 Å². The number of benzene rings is 1. The lowest BCUT2D eigenvalue weighted by atomic mass is 9.92. The molecule has 0 bridgehead atoms. The molecule has 0 aliphatic heterocycles. The van der Waals surface area contributed by atoms with Crippen molar-refractivity contribution in [1.29, 1.82) is 0 Å². The molecule has 0 fully saturated rings. The van der Waals surface area contributed by atoms with E-state index in [0.717, 1.165) is 11.3 Å². The summed E-state index contributed by atoms with van der Waals surface area (Å²) in [6, 6.07) is 5.76. The first-order valence-electron chi connectivity index (χ1n) is 10.4. The molecule has 6 heteroatoms. The van der Waals surface area contributed by atoms with Gasteiger partial charge >= 0.3 is 6.03 Å². The van der Waals surface area contributed by atoms with E-state index in [9.17, 15) is 9.59 Å². The summed E-state index contributed by atoms with van der Waals surface area (Å²) in [4.78, 5) is 29.3. The van der Waals surface area contributed by atoms with E-state index in [1.54, 1.807) is 0 Å². The predicted octanol–water partition coefficient (Wildman–Crippen LogP) is 4.70. The fourth-order valence-electron chi connectivity index (χ4n) is 3.03. The largest absolute Gasteiger partial charge is 0.377 e. The van der Waals surface area contributed by atoms with Crippen LogP contribution in [0.2, 0.25) is 0 Å². The lowest BCUT2D eigenvalue weighted by molar-refractivity contribution is -0.143. The number of nitrogens with zero attached hydrogens (tertiary/aromatic N) is 2. The molecular formula is C23H40N4O2. The Labute approximate surface area is 177 Å². The first-order valence-corrected chi connectivity index (χ1v) is 10.4. The van der Waals surface area contributed by atoms with Gasteiger partial charge in [0.15, 0.2) is 0 Å². The van der Waals surface area contributed by atoms with Crippen LogP contribution >= 0.6 is 0 Å². The van der Waals surface area contributed by atoms with Crippen LogP contribution in [-0.4, -0.2) is 43.0 Å². The van der Waals surface area contributed by atoms with Gasteiger partial charge in [-0.3, -0.25) is 4.79 Å². The lowest BCUT2D eigenvalue weighted by Gasteiger charge is -2.37. The summed E-state index contributed by atoms with van der Waals surface area (Å²) in [5.41, 5.74) is 2.28. The van der Waals surface area contributed by atoms with Gasteiger partial charge in [-0.2, -0.15) is 0 Å². The Morgan fingerprint density at radius 1 is 1.03 bits per heavy atom. The average Bonchev–Trinajstić information content (AvgIpc) is 2.56. The molecule has 2 N–H and O–H groups in total. The Bertz CT molecular complexity index is 705. The van der Waals surface area contributed by atoms with Crippen LogP contribution in [-0.2, 0) is 11.3 Å². The minimum absolute atomic E-state index is 0.0577. The van der Waals surface area contributed by atoms with Crippen molar-refractivity contribution in [2.24, 2.45) is 11.3 Å². The summed E-state index contributed by atoms with van der Waals surface area (Å²) < 4.78 is 0. The zero-order valence-electron chi connectivity index (χ0n) is 19.9. The van der Waals surface area contributed by atoms with Crippen LogP contribution in [0.3, 0.4) is 0 Å². The molecule has 0 aromatic heterocycles. The highest BCUT2D eigenvalue weighted by atomic mass is 16.2. The summed E-state index contributed by atoms with van der Waals surface area (Å²) in [6.45, 7) is 16.6. The van der Waals surface area contributed by atoms with E-state index in [4.69, 9.17) is 0 Å². The van der Waals surface area contributed by atoms with Gasteiger partial charge < -0.3 is 20.4 Å². The van der Waals surface area contributed by atoms with E-state index < -0.39 is 5.41 Å². The Balaban J connectivity index is 3.30. The molecule has 0 radical (unpaired) electrons. The standard InChI is InChI=1S/C23H40N4O2/c1-15(2)17(5)27(21(28)23(6,7)8)14-18-13-19(11-12-20(18)26(9)10)25-22(29)24-16(3)4/h11-13,15-17H,14H2,1-10H3,(H2,24,25,29). The van der Waals surface area contributed by atoms with Gasteiger partial charge in [-0.15, -0.1) is 0 Å². The minimum Gasteiger partial charge on any atom is -0.377 e. The SMILES string of the molecule is CC(C)NC(=O)Nc1ccc(N(C)C)c(CN(C(=O)C(C)(C)C)C(C)C(C)C)c1. The van der Waals surface area contributed by atoms with Crippen molar-refractivity contribution in [3.63, 3.8) is 0 Å². The molecule has 1 rings (SSSR count). The number of carbonyl (C=O) groups excluding carboxylic acids is 2. The molecular weight excluding hydrogens is 364 g/mol. The number of hydrogen-bond acceptors (Lipinski definition) is 3. The predicted molar refractivity (Wildman–Crippen MR) is 122 cm³/mol. The fraction of sp³-hybridized carbons (Fsp3) is 0.652. The van der Waals surface area contributed by atoms with Crippen LogP contribution < -0.4 is 15.5 Å². The van der Waals surface area contributed by atoms with Crippen LogP contribution in [0.15, 0.2) is 18.2 Å². The van der Waals surface area contributed by atoms with Crippen LogP contribution in [0.5, 0.6) is 0 Å². The summed E-state index contributed by atoms with van der Waals surface area (Å²) in [5.74, 6) is 0.460. The fourth-order valence-corrected chi connectivity index (χ4v) is 3.03. The Kier molecular flexibility index (Phi) is 8.54. The van der Waals surface area contributed by atoms with Gasteiger partial charge in [0.25, 0.3) is 0 Å². The van der Waals surface area contributed by atoms with Crippen molar-refractivity contribution in [2.75, 3.05) is 24.3 Å². The van der Waals surface area contributed by atoms with Crippen molar-refractivity contribution in [3.05, 3.63) is 23.8 Å². The van der Waals surface area contributed by atoms with Gasteiger partial charge in [0.05, 0.1) is 0 Å². The molecule has 0 aliphatic carbocycles. The van der Waals surface area contributed by atoms with Gasteiger partial charge in [0, 0.05) is 49.5 Å². The maximum Gasteiger partial charge on any atom is 0.319 e. The molecule has 0 aliphatic rings. The van der Waals surface area contributed by atoms with Crippen molar-refractivity contribution < 1.29 is 9.59 Å². The van der Waals surface area contributed by atoms with E-state index in [2.05, 4.69) is 31.4 Å². The Morgan fingerprint density at radius 3 is 2.07 bits per heavy atom. The lowest BCUT2D eigenvalue weighted by Crippen LogP contribution is -2.46. The second kappa shape index (κ2) is 9.99. The molecule has 0 saturated carbocycles. The summed E-state index contributed by atoms with van der Waals surface area (Å²) in [7, 11) is 3.97. The highest BCUT2D eigenvalue weighted by Crippen LogP contribution is 2.29. The molecule has 0 saturated heterocycles. The quantitative estimate of drug-likeness (QED) is 0.692. The second-order valence-corrected chi connectivity index (χ2v) is 9.66. The van der Waals surface area contributed by atoms with E-state index in [1.807, 2.05) is 76.7 Å². The zero-order valence-corrected chi connectivity index (χ0v) is 19.9.